The van der Waals surface area contributed by atoms with E-state index < -0.39 is 28.9 Å². The van der Waals surface area contributed by atoms with Gasteiger partial charge < -0.3 is 9.88 Å². The molecule has 0 radical (unpaired) electrons. The van der Waals surface area contributed by atoms with Gasteiger partial charge in [0, 0.05) is 19.5 Å². The van der Waals surface area contributed by atoms with Gasteiger partial charge in [0.1, 0.15) is 12.2 Å². The van der Waals surface area contributed by atoms with E-state index in [1.54, 1.807) is 25.3 Å². The first-order valence-corrected chi connectivity index (χ1v) is 7.86. The Kier molecular flexibility index (Phi) is 5.19. The molecule has 2 rings (SSSR count). The number of halogens is 3. The number of amides is 1. The molecule has 0 saturated carbocycles. The van der Waals surface area contributed by atoms with Gasteiger partial charge >= 0.3 is 6.18 Å². The standard InChI is InChI=1S/C15H21F3N6O/c1-5-11-22-20-9-23(11)7-6-19-13(25)10-8-21-24(14(2,3)4)12(10)15(16,17)18/h8-9H,5-7H2,1-4H3,(H,19,25). The van der Waals surface area contributed by atoms with Crippen molar-refractivity contribution in [3.8, 4) is 0 Å². The molecule has 2 heterocycles. The Bertz CT molecular complexity index is 741. The monoisotopic (exact) mass is 358 g/mol. The van der Waals surface area contributed by atoms with Gasteiger partial charge in [-0.1, -0.05) is 6.92 Å². The minimum atomic E-state index is -4.68. The van der Waals surface area contributed by atoms with E-state index in [2.05, 4.69) is 20.6 Å². The van der Waals surface area contributed by atoms with Gasteiger partial charge in [0.2, 0.25) is 0 Å². The molecule has 10 heteroatoms. The zero-order valence-corrected chi connectivity index (χ0v) is 14.6. The molecule has 0 saturated heterocycles. The van der Waals surface area contributed by atoms with Crippen LogP contribution in [0.2, 0.25) is 0 Å². The Morgan fingerprint density at radius 1 is 1.28 bits per heavy atom. The summed E-state index contributed by atoms with van der Waals surface area (Å²) in [6.07, 6.45) is -1.53. The lowest BCUT2D eigenvalue weighted by Crippen LogP contribution is -2.32. The molecule has 0 aliphatic carbocycles. The van der Waals surface area contributed by atoms with E-state index in [1.165, 1.54) is 6.33 Å². The summed E-state index contributed by atoms with van der Waals surface area (Å²) in [5, 5.41) is 13.9. The van der Waals surface area contributed by atoms with Gasteiger partial charge in [0.15, 0.2) is 5.69 Å². The number of hydrogen-bond acceptors (Lipinski definition) is 4. The van der Waals surface area contributed by atoms with Gasteiger partial charge in [-0.05, 0) is 20.8 Å². The van der Waals surface area contributed by atoms with Crippen LogP contribution in [0.4, 0.5) is 13.2 Å². The third kappa shape index (κ3) is 4.18. The van der Waals surface area contributed by atoms with Gasteiger partial charge in [0.05, 0.1) is 17.3 Å². The van der Waals surface area contributed by atoms with E-state index in [0.717, 1.165) is 16.7 Å². The van der Waals surface area contributed by atoms with Crippen molar-refractivity contribution in [3.63, 3.8) is 0 Å². The number of aryl methyl sites for hydroxylation is 1. The van der Waals surface area contributed by atoms with Crippen molar-refractivity contribution in [1.82, 2.24) is 29.9 Å². The second-order valence-corrected chi connectivity index (χ2v) is 6.54. The second-order valence-electron chi connectivity index (χ2n) is 6.54. The quantitative estimate of drug-likeness (QED) is 0.889. The van der Waals surface area contributed by atoms with Crippen molar-refractivity contribution in [1.29, 1.82) is 0 Å². The first-order valence-electron chi connectivity index (χ1n) is 7.86. The lowest BCUT2D eigenvalue weighted by atomic mass is 10.1. The molecule has 7 nitrogen and oxygen atoms in total. The predicted octanol–water partition coefficient (Wildman–Crippen LogP) is 2.24. The average Bonchev–Trinajstić information content (AvgIpc) is 3.12. The highest BCUT2D eigenvalue weighted by atomic mass is 19.4. The molecule has 0 fully saturated rings. The highest BCUT2D eigenvalue weighted by Gasteiger charge is 2.42. The van der Waals surface area contributed by atoms with Gasteiger partial charge in [-0.2, -0.15) is 18.3 Å². The summed E-state index contributed by atoms with van der Waals surface area (Å²) >= 11 is 0. The average molecular weight is 358 g/mol. The first-order chi connectivity index (χ1) is 11.6. The van der Waals surface area contributed by atoms with Crippen molar-refractivity contribution in [2.75, 3.05) is 6.54 Å². The molecule has 138 valence electrons. The molecular weight excluding hydrogens is 337 g/mol. The summed E-state index contributed by atoms with van der Waals surface area (Å²) in [6, 6.07) is 0. The largest absolute Gasteiger partial charge is 0.433 e. The molecule has 25 heavy (non-hydrogen) atoms. The van der Waals surface area contributed by atoms with E-state index in [9.17, 15) is 18.0 Å². The van der Waals surface area contributed by atoms with Gasteiger partial charge in [0.25, 0.3) is 5.91 Å². The van der Waals surface area contributed by atoms with Crippen molar-refractivity contribution in [2.24, 2.45) is 0 Å². The fraction of sp³-hybridized carbons (Fsp3) is 0.600. The van der Waals surface area contributed by atoms with Crippen LogP contribution in [0.5, 0.6) is 0 Å². The minimum Gasteiger partial charge on any atom is -0.350 e. The van der Waals surface area contributed by atoms with Gasteiger partial charge in [-0.25, -0.2) is 0 Å². The number of carbonyl (C=O) groups excluding carboxylic acids is 1. The topological polar surface area (TPSA) is 77.6 Å². The van der Waals surface area contributed by atoms with Crippen molar-refractivity contribution >= 4 is 5.91 Å². The number of alkyl halides is 3. The summed E-state index contributed by atoms with van der Waals surface area (Å²) in [5.41, 5.74) is -2.43. The van der Waals surface area contributed by atoms with Gasteiger partial charge in [-0.3, -0.25) is 9.48 Å². The third-order valence-electron chi connectivity index (χ3n) is 3.57. The Morgan fingerprint density at radius 3 is 2.52 bits per heavy atom. The molecule has 0 bridgehead atoms. The van der Waals surface area contributed by atoms with Crippen LogP contribution in [-0.2, 0) is 24.7 Å². The normalized spacial score (nSPS) is 12.4. The molecule has 2 aromatic rings. The number of aromatic nitrogens is 5. The van der Waals surface area contributed by atoms with E-state index in [4.69, 9.17) is 0 Å². The van der Waals surface area contributed by atoms with Crippen LogP contribution in [0.25, 0.3) is 0 Å². The summed E-state index contributed by atoms with van der Waals surface area (Å²) in [6.45, 7) is 7.22. The highest BCUT2D eigenvalue weighted by Crippen LogP contribution is 2.34. The van der Waals surface area contributed by atoms with Crippen LogP contribution in [-0.4, -0.2) is 37.0 Å². The van der Waals surface area contributed by atoms with Crippen LogP contribution in [0.1, 0.15) is 49.6 Å². The number of hydrogen-bond donors (Lipinski definition) is 1. The molecule has 0 aromatic carbocycles. The molecule has 0 spiro atoms. The summed E-state index contributed by atoms with van der Waals surface area (Å²) in [4.78, 5) is 12.2. The smallest absolute Gasteiger partial charge is 0.350 e. The Morgan fingerprint density at radius 2 is 1.96 bits per heavy atom. The highest BCUT2D eigenvalue weighted by molar-refractivity contribution is 5.95. The number of carbonyl (C=O) groups is 1. The second kappa shape index (κ2) is 6.85. The van der Waals surface area contributed by atoms with Crippen LogP contribution in [0, 0.1) is 0 Å². The number of rotatable bonds is 5. The van der Waals surface area contributed by atoms with Crippen LogP contribution in [0.15, 0.2) is 12.5 Å². The van der Waals surface area contributed by atoms with E-state index >= 15 is 0 Å². The maximum absolute atomic E-state index is 13.4. The Balaban J connectivity index is 2.15. The lowest BCUT2D eigenvalue weighted by Gasteiger charge is -2.23. The van der Waals surface area contributed by atoms with Crippen LogP contribution < -0.4 is 5.32 Å². The lowest BCUT2D eigenvalue weighted by molar-refractivity contribution is -0.146. The molecule has 2 aromatic heterocycles. The Labute approximate surface area is 143 Å². The summed E-state index contributed by atoms with van der Waals surface area (Å²) in [5.74, 6) is -0.0697. The molecule has 1 N–H and O–H groups in total. The summed E-state index contributed by atoms with van der Waals surface area (Å²) < 4.78 is 42.8. The SMILES string of the molecule is CCc1nncn1CCNC(=O)c1cnn(C(C)(C)C)c1C(F)(F)F. The molecule has 0 aliphatic rings. The van der Waals surface area contributed by atoms with Crippen LogP contribution >= 0.6 is 0 Å². The van der Waals surface area contributed by atoms with E-state index in [0.29, 0.717) is 13.0 Å². The predicted molar refractivity (Wildman–Crippen MR) is 84.0 cm³/mol. The molecular formula is C15H21F3N6O. The molecule has 0 unspecified atom stereocenters. The van der Waals surface area contributed by atoms with Crippen LogP contribution in [0.3, 0.4) is 0 Å². The zero-order valence-electron chi connectivity index (χ0n) is 14.6. The molecule has 1 amide bonds. The van der Waals surface area contributed by atoms with Crippen molar-refractivity contribution in [2.45, 2.75) is 52.4 Å². The fourth-order valence-corrected chi connectivity index (χ4v) is 2.42. The number of nitrogens with one attached hydrogen (secondary N) is 1. The minimum absolute atomic E-state index is 0.155. The maximum Gasteiger partial charge on any atom is 0.433 e. The van der Waals surface area contributed by atoms with Crippen molar-refractivity contribution in [3.05, 3.63) is 29.6 Å². The molecule has 0 aliphatic heterocycles. The summed E-state index contributed by atoms with van der Waals surface area (Å²) in [7, 11) is 0. The maximum atomic E-state index is 13.4. The van der Waals surface area contributed by atoms with E-state index in [1.807, 2.05) is 6.92 Å². The van der Waals surface area contributed by atoms with Crippen molar-refractivity contribution < 1.29 is 18.0 Å². The number of nitrogens with zero attached hydrogens (tertiary/aromatic N) is 5. The third-order valence-corrected chi connectivity index (χ3v) is 3.57. The first kappa shape index (κ1) is 18.9. The zero-order chi connectivity index (χ0) is 18.8. The Hall–Kier alpha value is -2.39. The van der Waals surface area contributed by atoms with Gasteiger partial charge in [-0.15, -0.1) is 10.2 Å². The fourth-order valence-electron chi connectivity index (χ4n) is 2.42. The molecule has 0 atom stereocenters. The van der Waals surface area contributed by atoms with E-state index in [-0.39, 0.29) is 6.54 Å².